The van der Waals surface area contributed by atoms with Gasteiger partial charge in [0.15, 0.2) is 5.82 Å². The van der Waals surface area contributed by atoms with Gasteiger partial charge in [0.1, 0.15) is 11.5 Å². The summed E-state index contributed by atoms with van der Waals surface area (Å²) in [6, 6.07) is 12.1. The number of hydrogen-bond acceptors (Lipinski definition) is 6. The molecule has 0 aliphatic rings. The number of nitrogen functional groups attached to an aromatic ring is 2. The van der Waals surface area contributed by atoms with Crippen molar-refractivity contribution in [1.82, 2.24) is 15.0 Å². The minimum atomic E-state index is 0.0341. The van der Waals surface area contributed by atoms with E-state index in [1.54, 1.807) is 30.3 Å². The number of nitrogens with zero attached hydrogens (tertiary/aromatic N) is 3. The van der Waals surface area contributed by atoms with E-state index >= 15 is 0 Å². The molecule has 3 aromatic rings. The molecule has 0 fully saturated rings. The maximum atomic E-state index is 6.14. The first-order chi connectivity index (χ1) is 11.0. The highest BCUT2D eigenvalue weighted by atomic mass is 35.5. The van der Waals surface area contributed by atoms with Gasteiger partial charge in [-0.05, 0) is 30.3 Å². The van der Waals surface area contributed by atoms with Crippen molar-refractivity contribution in [2.24, 2.45) is 0 Å². The molecule has 0 atom stereocenters. The molecule has 3 rings (SSSR count). The molecule has 116 valence electrons. The van der Waals surface area contributed by atoms with Crippen molar-refractivity contribution in [2.45, 2.75) is 0 Å². The molecule has 0 unspecified atom stereocenters. The molecule has 0 aliphatic carbocycles. The van der Waals surface area contributed by atoms with Crippen molar-refractivity contribution in [3.63, 3.8) is 0 Å². The van der Waals surface area contributed by atoms with Gasteiger partial charge in [0.25, 0.3) is 0 Å². The first kappa shape index (κ1) is 15.3. The van der Waals surface area contributed by atoms with E-state index in [9.17, 15) is 0 Å². The number of hydrogen-bond donors (Lipinski definition) is 2. The Morgan fingerprint density at radius 1 is 0.826 bits per heavy atom. The number of aromatic nitrogens is 3. The summed E-state index contributed by atoms with van der Waals surface area (Å²) in [6.45, 7) is 0. The summed E-state index contributed by atoms with van der Waals surface area (Å²) < 4.78 is 5.86. The predicted octanol–water partition coefficient (Wildman–Crippen LogP) is 3.80. The van der Waals surface area contributed by atoms with E-state index in [4.69, 9.17) is 39.4 Å². The van der Waals surface area contributed by atoms with Crippen molar-refractivity contribution >= 4 is 35.1 Å². The third-order valence-electron chi connectivity index (χ3n) is 2.91. The Kier molecular flexibility index (Phi) is 4.18. The van der Waals surface area contributed by atoms with Gasteiger partial charge in [-0.1, -0.05) is 35.3 Å². The van der Waals surface area contributed by atoms with Crippen LogP contribution in [0, 0.1) is 0 Å². The SMILES string of the molecule is Nc1nc(N)nc(-c2ccccc2Oc2ccc(Cl)cc2Cl)n1. The number of ether oxygens (including phenoxy) is 1. The Bertz CT molecular complexity index is 852. The normalized spacial score (nSPS) is 10.5. The monoisotopic (exact) mass is 347 g/mol. The molecular formula is C15H11Cl2N5O. The van der Waals surface area contributed by atoms with E-state index in [2.05, 4.69) is 15.0 Å². The molecule has 0 saturated heterocycles. The number of halogens is 2. The van der Waals surface area contributed by atoms with Crippen molar-refractivity contribution in [3.8, 4) is 22.9 Å². The zero-order valence-electron chi connectivity index (χ0n) is 11.7. The molecule has 0 saturated carbocycles. The zero-order valence-corrected chi connectivity index (χ0v) is 13.2. The lowest BCUT2D eigenvalue weighted by Crippen LogP contribution is -2.04. The maximum Gasteiger partial charge on any atom is 0.225 e. The lowest BCUT2D eigenvalue weighted by atomic mass is 10.2. The molecule has 0 amide bonds. The number of benzene rings is 2. The smallest absolute Gasteiger partial charge is 0.225 e. The second-order valence-electron chi connectivity index (χ2n) is 4.55. The number of rotatable bonds is 3. The fourth-order valence-electron chi connectivity index (χ4n) is 1.95. The lowest BCUT2D eigenvalue weighted by Gasteiger charge is -2.12. The molecule has 4 N–H and O–H groups in total. The minimum Gasteiger partial charge on any atom is -0.455 e. The van der Waals surface area contributed by atoms with Crippen LogP contribution in [0.3, 0.4) is 0 Å². The van der Waals surface area contributed by atoms with Gasteiger partial charge < -0.3 is 16.2 Å². The Morgan fingerprint density at radius 3 is 2.22 bits per heavy atom. The highest BCUT2D eigenvalue weighted by Crippen LogP contribution is 2.36. The third kappa shape index (κ3) is 3.44. The summed E-state index contributed by atoms with van der Waals surface area (Å²) >= 11 is 12.0. The first-order valence-corrected chi connectivity index (χ1v) is 7.28. The van der Waals surface area contributed by atoms with Crippen LogP contribution in [0.25, 0.3) is 11.4 Å². The highest BCUT2D eigenvalue weighted by Gasteiger charge is 2.13. The van der Waals surface area contributed by atoms with Crippen molar-refractivity contribution in [1.29, 1.82) is 0 Å². The summed E-state index contributed by atoms with van der Waals surface area (Å²) in [5.74, 6) is 1.34. The fraction of sp³-hybridized carbons (Fsp3) is 0. The molecule has 0 aliphatic heterocycles. The topological polar surface area (TPSA) is 99.9 Å². The molecule has 8 heteroatoms. The van der Waals surface area contributed by atoms with Gasteiger partial charge in [-0.3, -0.25) is 0 Å². The van der Waals surface area contributed by atoms with Crippen LogP contribution in [0.5, 0.6) is 11.5 Å². The van der Waals surface area contributed by atoms with Gasteiger partial charge in [0.05, 0.1) is 10.6 Å². The molecule has 23 heavy (non-hydrogen) atoms. The molecular weight excluding hydrogens is 337 g/mol. The van der Waals surface area contributed by atoms with Crippen LogP contribution in [0.2, 0.25) is 10.0 Å². The van der Waals surface area contributed by atoms with Gasteiger partial charge >= 0.3 is 0 Å². The second-order valence-corrected chi connectivity index (χ2v) is 5.39. The fourth-order valence-corrected chi connectivity index (χ4v) is 2.39. The largest absolute Gasteiger partial charge is 0.455 e. The van der Waals surface area contributed by atoms with Gasteiger partial charge in [0, 0.05) is 5.02 Å². The molecule has 0 spiro atoms. The van der Waals surface area contributed by atoms with Crippen LogP contribution in [0.4, 0.5) is 11.9 Å². The van der Waals surface area contributed by atoms with Gasteiger partial charge in [-0.25, -0.2) is 0 Å². The Hall–Kier alpha value is -2.57. The summed E-state index contributed by atoms with van der Waals surface area (Å²) in [6.07, 6.45) is 0. The van der Waals surface area contributed by atoms with Crippen LogP contribution in [-0.2, 0) is 0 Å². The van der Waals surface area contributed by atoms with Crippen LogP contribution in [-0.4, -0.2) is 15.0 Å². The van der Waals surface area contributed by atoms with E-state index in [0.29, 0.717) is 32.9 Å². The zero-order chi connectivity index (χ0) is 16.4. The average Bonchev–Trinajstić information content (AvgIpc) is 2.49. The summed E-state index contributed by atoms with van der Waals surface area (Å²) in [5, 5.41) is 0.913. The molecule has 0 bridgehead atoms. The van der Waals surface area contributed by atoms with E-state index in [1.807, 2.05) is 12.1 Å². The summed E-state index contributed by atoms with van der Waals surface area (Å²) in [4.78, 5) is 11.9. The number of para-hydroxylation sites is 1. The molecule has 2 aromatic carbocycles. The quantitative estimate of drug-likeness (QED) is 0.747. The highest BCUT2D eigenvalue weighted by molar-refractivity contribution is 6.35. The van der Waals surface area contributed by atoms with Crippen LogP contribution in [0.15, 0.2) is 42.5 Å². The Labute approximate surface area is 142 Å². The lowest BCUT2D eigenvalue weighted by molar-refractivity contribution is 0.484. The number of anilines is 2. The third-order valence-corrected chi connectivity index (χ3v) is 3.44. The van der Waals surface area contributed by atoms with Crippen molar-refractivity contribution < 1.29 is 4.74 Å². The standard InChI is InChI=1S/C15H11Cl2N5O/c16-8-5-6-12(10(17)7-8)23-11-4-2-1-3-9(11)13-20-14(18)22-15(19)21-13/h1-7H,(H4,18,19,20,21,22). The number of nitrogens with two attached hydrogens (primary N) is 2. The second kappa shape index (κ2) is 6.28. The molecule has 6 nitrogen and oxygen atoms in total. The van der Waals surface area contributed by atoms with Crippen LogP contribution < -0.4 is 16.2 Å². The molecule has 1 heterocycles. The van der Waals surface area contributed by atoms with Gasteiger partial charge in [-0.15, -0.1) is 0 Å². The Morgan fingerprint density at radius 2 is 1.52 bits per heavy atom. The van der Waals surface area contributed by atoms with E-state index in [1.165, 1.54) is 0 Å². The van der Waals surface area contributed by atoms with Crippen LogP contribution >= 0.6 is 23.2 Å². The minimum absolute atomic E-state index is 0.0341. The van der Waals surface area contributed by atoms with Gasteiger partial charge in [-0.2, -0.15) is 15.0 Å². The van der Waals surface area contributed by atoms with E-state index < -0.39 is 0 Å². The predicted molar refractivity (Wildman–Crippen MR) is 90.6 cm³/mol. The molecule has 0 radical (unpaired) electrons. The molecule has 1 aromatic heterocycles. The van der Waals surface area contributed by atoms with Gasteiger partial charge in [0.2, 0.25) is 11.9 Å². The van der Waals surface area contributed by atoms with E-state index in [0.717, 1.165) is 0 Å². The maximum absolute atomic E-state index is 6.14. The Balaban J connectivity index is 2.04. The van der Waals surface area contributed by atoms with Crippen LogP contribution in [0.1, 0.15) is 0 Å². The summed E-state index contributed by atoms with van der Waals surface area (Å²) in [7, 11) is 0. The van der Waals surface area contributed by atoms with Crippen molar-refractivity contribution in [2.75, 3.05) is 11.5 Å². The van der Waals surface area contributed by atoms with E-state index in [-0.39, 0.29) is 11.9 Å². The average molecular weight is 348 g/mol. The summed E-state index contributed by atoms with van der Waals surface area (Å²) in [5.41, 5.74) is 11.9. The van der Waals surface area contributed by atoms with Crippen molar-refractivity contribution in [3.05, 3.63) is 52.5 Å². The first-order valence-electron chi connectivity index (χ1n) is 6.52.